The number of ether oxygens (including phenoxy) is 2. The second-order valence-corrected chi connectivity index (χ2v) is 6.57. The summed E-state index contributed by atoms with van der Waals surface area (Å²) in [6.45, 7) is 1.21. The molecule has 9 heteroatoms. The van der Waals surface area contributed by atoms with Gasteiger partial charge < -0.3 is 30.5 Å². The molecule has 0 spiro atoms. The van der Waals surface area contributed by atoms with Gasteiger partial charge in [-0.2, -0.15) is 0 Å². The molecular weight excluding hydrogens is 354 g/mol. The van der Waals surface area contributed by atoms with Crippen LogP contribution < -0.4 is 16.0 Å². The summed E-state index contributed by atoms with van der Waals surface area (Å²) in [5, 5.41) is 17.1. The minimum atomic E-state index is -1.06. The largest absolute Gasteiger partial charge is 0.479 e. The number of benzene rings is 1. The zero-order valence-electron chi connectivity index (χ0n) is 14.8. The van der Waals surface area contributed by atoms with E-state index in [4.69, 9.17) is 14.6 Å². The third kappa shape index (κ3) is 5.41. The summed E-state index contributed by atoms with van der Waals surface area (Å²) in [4.78, 5) is 34.9. The van der Waals surface area contributed by atoms with E-state index in [1.807, 2.05) is 0 Å². The standard InChI is InChI=1S/C18H23N3O6/c22-16(14-7-8-15(27-14)17(23)24)20-11-3-5-12(6-4-11)21-18(25)19-10-13-2-1-9-26-13/h3-6,13-15H,1-2,7-10H2,(H,20,22)(H,23,24)(H2,19,21,25)/t13?,14-,15+/m0/s1. The minimum absolute atomic E-state index is 0.0758. The van der Waals surface area contributed by atoms with Crippen molar-refractivity contribution in [3.05, 3.63) is 24.3 Å². The number of anilines is 2. The van der Waals surface area contributed by atoms with Crippen molar-refractivity contribution in [3.8, 4) is 0 Å². The molecule has 3 atom stereocenters. The van der Waals surface area contributed by atoms with E-state index in [1.54, 1.807) is 24.3 Å². The summed E-state index contributed by atoms with van der Waals surface area (Å²) in [5.41, 5.74) is 1.12. The van der Waals surface area contributed by atoms with Crippen LogP contribution in [0.5, 0.6) is 0 Å². The van der Waals surface area contributed by atoms with Gasteiger partial charge in [0.15, 0.2) is 6.10 Å². The average Bonchev–Trinajstić information content (AvgIpc) is 3.33. The average molecular weight is 377 g/mol. The lowest BCUT2D eigenvalue weighted by Gasteiger charge is -2.13. The van der Waals surface area contributed by atoms with Crippen LogP contribution in [0.25, 0.3) is 0 Å². The van der Waals surface area contributed by atoms with E-state index in [1.165, 1.54) is 0 Å². The van der Waals surface area contributed by atoms with Crippen molar-refractivity contribution < 1.29 is 29.0 Å². The first-order valence-electron chi connectivity index (χ1n) is 8.97. The number of rotatable bonds is 6. The van der Waals surface area contributed by atoms with Crippen LogP contribution in [0.1, 0.15) is 25.7 Å². The lowest BCUT2D eigenvalue weighted by molar-refractivity contribution is -0.150. The molecule has 2 saturated heterocycles. The molecule has 3 rings (SSSR count). The maximum Gasteiger partial charge on any atom is 0.332 e. The second-order valence-electron chi connectivity index (χ2n) is 6.57. The van der Waals surface area contributed by atoms with Crippen molar-refractivity contribution in [1.82, 2.24) is 5.32 Å². The van der Waals surface area contributed by atoms with Crippen LogP contribution in [0, 0.1) is 0 Å². The quantitative estimate of drug-likeness (QED) is 0.596. The Morgan fingerprint density at radius 1 is 1.00 bits per heavy atom. The van der Waals surface area contributed by atoms with E-state index < -0.39 is 18.2 Å². The molecule has 0 aliphatic carbocycles. The summed E-state index contributed by atoms with van der Waals surface area (Å²) < 4.78 is 10.7. The number of carbonyl (C=O) groups excluding carboxylic acids is 2. The van der Waals surface area contributed by atoms with Crippen molar-refractivity contribution in [2.24, 2.45) is 0 Å². The van der Waals surface area contributed by atoms with Crippen LogP contribution in [0.3, 0.4) is 0 Å². The Labute approximate surface area is 156 Å². The maximum absolute atomic E-state index is 12.1. The van der Waals surface area contributed by atoms with Gasteiger partial charge in [-0.3, -0.25) is 4.79 Å². The summed E-state index contributed by atoms with van der Waals surface area (Å²) in [5.74, 6) is -1.44. The van der Waals surface area contributed by atoms with Gasteiger partial charge in [-0.1, -0.05) is 0 Å². The Kier molecular flexibility index (Phi) is 6.25. The van der Waals surface area contributed by atoms with Crippen molar-refractivity contribution in [1.29, 1.82) is 0 Å². The van der Waals surface area contributed by atoms with E-state index in [9.17, 15) is 14.4 Å². The molecule has 4 N–H and O–H groups in total. The van der Waals surface area contributed by atoms with Gasteiger partial charge in [-0.05, 0) is 49.9 Å². The predicted octanol–water partition coefficient (Wildman–Crippen LogP) is 1.56. The SMILES string of the molecule is O=C(NCC1CCCO1)Nc1ccc(NC(=O)[C@@H]2CC[C@H](C(=O)O)O2)cc1. The Morgan fingerprint density at radius 3 is 2.26 bits per heavy atom. The summed E-state index contributed by atoms with van der Waals surface area (Å²) in [6, 6.07) is 6.31. The Balaban J connectivity index is 1.43. The molecule has 2 aliphatic heterocycles. The number of amides is 3. The zero-order valence-corrected chi connectivity index (χ0v) is 14.8. The van der Waals surface area contributed by atoms with Crippen molar-refractivity contribution in [3.63, 3.8) is 0 Å². The molecule has 1 unspecified atom stereocenters. The second kappa shape index (κ2) is 8.83. The van der Waals surface area contributed by atoms with E-state index in [0.717, 1.165) is 19.4 Å². The normalized spacial score (nSPS) is 24.4. The first kappa shape index (κ1) is 19.1. The molecule has 9 nitrogen and oxygen atoms in total. The Hall–Kier alpha value is -2.65. The number of carbonyl (C=O) groups is 3. The molecule has 1 aromatic carbocycles. The fourth-order valence-corrected chi connectivity index (χ4v) is 3.06. The first-order valence-corrected chi connectivity index (χ1v) is 8.97. The first-order chi connectivity index (χ1) is 13.0. The molecular formula is C18H23N3O6. The van der Waals surface area contributed by atoms with Gasteiger partial charge >= 0.3 is 12.0 Å². The Bertz CT molecular complexity index is 687. The molecule has 146 valence electrons. The van der Waals surface area contributed by atoms with Gasteiger partial charge in [0, 0.05) is 24.5 Å². The van der Waals surface area contributed by atoms with Gasteiger partial charge in [0.05, 0.1) is 6.10 Å². The zero-order chi connectivity index (χ0) is 19.2. The lowest BCUT2D eigenvalue weighted by atomic mass is 10.2. The topological polar surface area (TPSA) is 126 Å². The number of nitrogens with one attached hydrogen (secondary N) is 3. The molecule has 0 saturated carbocycles. The molecule has 27 heavy (non-hydrogen) atoms. The van der Waals surface area contributed by atoms with Crippen molar-refractivity contribution in [2.75, 3.05) is 23.8 Å². The van der Waals surface area contributed by atoms with E-state index in [0.29, 0.717) is 30.8 Å². The molecule has 0 radical (unpaired) electrons. The number of aliphatic carboxylic acids is 1. The number of urea groups is 1. The number of hydrogen-bond donors (Lipinski definition) is 4. The molecule has 0 bridgehead atoms. The van der Waals surface area contributed by atoms with Crippen LogP contribution in [0.2, 0.25) is 0 Å². The van der Waals surface area contributed by atoms with E-state index in [-0.39, 0.29) is 18.0 Å². The van der Waals surface area contributed by atoms with E-state index >= 15 is 0 Å². The predicted molar refractivity (Wildman–Crippen MR) is 96.6 cm³/mol. The van der Waals surface area contributed by atoms with Crippen molar-refractivity contribution >= 4 is 29.3 Å². The molecule has 2 fully saturated rings. The molecule has 3 amide bonds. The Morgan fingerprint density at radius 2 is 1.67 bits per heavy atom. The molecule has 0 aromatic heterocycles. The highest BCUT2D eigenvalue weighted by Gasteiger charge is 2.34. The molecule has 2 heterocycles. The third-order valence-electron chi connectivity index (χ3n) is 4.51. The van der Waals surface area contributed by atoms with Gasteiger partial charge in [-0.25, -0.2) is 9.59 Å². The summed E-state index contributed by atoms with van der Waals surface area (Å²) >= 11 is 0. The third-order valence-corrected chi connectivity index (χ3v) is 4.51. The number of hydrogen-bond acceptors (Lipinski definition) is 5. The minimum Gasteiger partial charge on any atom is -0.479 e. The lowest BCUT2D eigenvalue weighted by Crippen LogP contribution is -2.35. The van der Waals surface area contributed by atoms with Crippen LogP contribution in [-0.4, -0.2) is 54.5 Å². The van der Waals surface area contributed by atoms with Gasteiger partial charge in [0.2, 0.25) is 0 Å². The van der Waals surface area contributed by atoms with Crippen LogP contribution in [0.15, 0.2) is 24.3 Å². The fourth-order valence-electron chi connectivity index (χ4n) is 3.06. The van der Waals surface area contributed by atoms with Gasteiger partial charge in [-0.15, -0.1) is 0 Å². The summed E-state index contributed by atoms with van der Waals surface area (Å²) in [7, 11) is 0. The van der Waals surface area contributed by atoms with Crippen LogP contribution in [0.4, 0.5) is 16.2 Å². The van der Waals surface area contributed by atoms with Gasteiger partial charge in [0.1, 0.15) is 6.10 Å². The highest BCUT2D eigenvalue weighted by molar-refractivity contribution is 5.95. The smallest absolute Gasteiger partial charge is 0.332 e. The van der Waals surface area contributed by atoms with Crippen molar-refractivity contribution in [2.45, 2.75) is 44.0 Å². The van der Waals surface area contributed by atoms with Crippen LogP contribution in [-0.2, 0) is 19.1 Å². The van der Waals surface area contributed by atoms with Crippen LogP contribution >= 0.6 is 0 Å². The number of carboxylic acids is 1. The summed E-state index contributed by atoms with van der Waals surface area (Å²) in [6.07, 6.45) is 1.03. The highest BCUT2D eigenvalue weighted by Crippen LogP contribution is 2.22. The molecule has 1 aromatic rings. The van der Waals surface area contributed by atoms with E-state index in [2.05, 4.69) is 16.0 Å². The highest BCUT2D eigenvalue weighted by atomic mass is 16.5. The monoisotopic (exact) mass is 377 g/mol. The fraction of sp³-hybridized carbons (Fsp3) is 0.500. The molecule has 2 aliphatic rings. The van der Waals surface area contributed by atoms with Gasteiger partial charge in [0.25, 0.3) is 5.91 Å². The number of carboxylic acid groups (broad SMARTS) is 1. The maximum atomic E-state index is 12.1.